The van der Waals surface area contributed by atoms with Gasteiger partial charge < -0.3 is 15.1 Å². The van der Waals surface area contributed by atoms with Crippen LogP contribution in [0.1, 0.15) is 12.0 Å². The number of hydrogen-bond donors (Lipinski definition) is 2. The lowest BCUT2D eigenvalue weighted by molar-refractivity contribution is -0.130. The number of rotatable bonds is 4. The Hall–Kier alpha value is -1.59. The average Bonchev–Trinajstić information content (AvgIpc) is 2.67. The summed E-state index contributed by atoms with van der Waals surface area (Å²) in [6.07, 6.45) is 1.32. The van der Waals surface area contributed by atoms with Crippen LogP contribution in [0.25, 0.3) is 0 Å². The first-order chi connectivity index (χ1) is 9.69. The van der Waals surface area contributed by atoms with Gasteiger partial charge in [-0.15, -0.1) is 0 Å². The molecule has 1 heterocycles. The Balaban J connectivity index is 1.87. The van der Waals surface area contributed by atoms with Crippen LogP contribution < -0.4 is 0 Å². The number of nitrogens with zero attached hydrogens (tertiary/aromatic N) is 2. The molecule has 5 heteroatoms. The van der Waals surface area contributed by atoms with Crippen molar-refractivity contribution in [1.82, 2.24) is 9.80 Å². The van der Waals surface area contributed by atoms with Crippen LogP contribution in [-0.2, 0) is 11.2 Å². The lowest BCUT2D eigenvalue weighted by Crippen LogP contribution is -2.36. The van der Waals surface area contributed by atoms with Gasteiger partial charge >= 0.3 is 0 Å². The van der Waals surface area contributed by atoms with Gasteiger partial charge in [0.05, 0.1) is 13.0 Å². The molecule has 20 heavy (non-hydrogen) atoms. The van der Waals surface area contributed by atoms with Crippen LogP contribution >= 0.6 is 0 Å². The van der Waals surface area contributed by atoms with E-state index in [2.05, 4.69) is 4.90 Å². The highest BCUT2D eigenvalue weighted by Gasteiger charge is 2.18. The normalized spacial score (nSPS) is 16.9. The summed E-state index contributed by atoms with van der Waals surface area (Å²) in [4.78, 5) is 16.3. The molecule has 0 aliphatic carbocycles. The van der Waals surface area contributed by atoms with Crippen molar-refractivity contribution in [3.05, 3.63) is 29.8 Å². The Bertz CT molecular complexity index is 433. The SMILES string of the molecule is O=C(Cc1ccc(O)cc1)N1CCCN(CCO)CC1. The number of phenols is 1. The number of aliphatic hydroxyl groups excluding tert-OH is 1. The molecule has 0 aromatic heterocycles. The molecule has 1 aliphatic heterocycles. The lowest BCUT2D eigenvalue weighted by atomic mass is 10.1. The zero-order chi connectivity index (χ0) is 14.4. The molecule has 0 atom stereocenters. The molecule has 0 spiro atoms. The van der Waals surface area contributed by atoms with Gasteiger partial charge in [0.15, 0.2) is 0 Å². The Morgan fingerprint density at radius 2 is 1.85 bits per heavy atom. The van der Waals surface area contributed by atoms with Crippen molar-refractivity contribution in [3.63, 3.8) is 0 Å². The fourth-order valence-corrected chi connectivity index (χ4v) is 2.49. The van der Waals surface area contributed by atoms with Crippen LogP contribution in [0.15, 0.2) is 24.3 Å². The van der Waals surface area contributed by atoms with Gasteiger partial charge in [0.25, 0.3) is 0 Å². The number of hydrogen-bond acceptors (Lipinski definition) is 4. The zero-order valence-corrected chi connectivity index (χ0v) is 11.7. The van der Waals surface area contributed by atoms with Gasteiger partial charge in [-0.25, -0.2) is 0 Å². The van der Waals surface area contributed by atoms with E-state index in [1.807, 2.05) is 4.90 Å². The number of carbonyl (C=O) groups is 1. The van der Waals surface area contributed by atoms with Crippen LogP contribution in [0.3, 0.4) is 0 Å². The van der Waals surface area contributed by atoms with Crippen molar-refractivity contribution in [2.75, 3.05) is 39.3 Å². The highest BCUT2D eigenvalue weighted by Crippen LogP contribution is 2.12. The maximum atomic E-state index is 12.3. The summed E-state index contributed by atoms with van der Waals surface area (Å²) in [5.41, 5.74) is 0.921. The summed E-state index contributed by atoms with van der Waals surface area (Å²) < 4.78 is 0. The number of phenolic OH excluding ortho intramolecular Hbond substituents is 1. The first-order valence-corrected chi connectivity index (χ1v) is 7.08. The third kappa shape index (κ3) is 4.21. The second-order valence-electron chi connectivity index (χ2n) is 5.14. The zero-order valence-electron chi connectivity index (χ0n) is 11.7. The molecular formula is C15H22N2O3. The molecule has 1 aliphatic rings. The topological polar surface area (TPSA) is 64.0 Å². The minimum Gasteiger partial charge on any atom is -0.508 e. The number of carbonyl (C=O) groups excluding carboxylic acids is 1. The maximum Gasteiger partial charge on any atom is 0.227 e. The first-order valence-electron chi connectivity index (χ1n) is 7.08. The fourth-order valence-electron chi connectivity index (χ4n) is 2.49. The van der Waals surface area contributed by atoms with Gasteiger partial charge in [0.2, 0.25) is 5.91 Å². The largest absolute Gasteiger partial charge is 0.508 e. The molecule has 1 amide bonds. The van der Waals surface area contributed by atoms with Gasteiger partial charge in [-0.1, -0.05) is 12.1 Å². The average molecular weight is 278 g/mol. The molecule has 5 nitrogen and oxygen atoms in total. The van der Waals surface area contributed by atoms with E-state index in [1.165, 1.54) is 0 Å². The van der Waals surface area contributed by atoms with E-state index in [-0.39, 0.29) is 18.3 Å². The van der Waals surface area contributed by atoms with Crippen molar-refractivity contribution in [3.8, 4) is 5.75 Å². The summed E-state index contributed by atoms with van der Waals surface area (Å²) >= 11 is 0. The third-order valence-electron chi connectivity index (χ3n) is 3.65. The second kappa shape index (κ2) is 7.26. The molecule has 1 aromatic rings. The highest BCUT2D eigenvalue weighted by molar-refractivity contribution is 5.78. The van der Waals surface area contributed by atoms with E-state index < -0.39 is 0 Å². The minimum atomic E-state index is 0.126. The molecule has 1 saturated heterocycles. The van der Waals surface area contributed by atoms with Crippen molar-refractivity contribution < 1.29 is 15.0 Å². The van der Waals surface area contributed by atoms with Gasteiger partial charge in [-0.3, -0.25) is 9.69 Å². The van der Waals surface area contributed by atoms with E-state index in [1.54, 1.807) is 24.3 Å². The van der Waals surface area contributed by atoms with Gasteiger partial charge in [-0.2, -0.15) is 0 Å². The maximum absolute atomic E-state index is 12.3. The van der Waals surface area contributed by atoms with Crippen LogP contribution in [0.2, 0.25) is 0 Å². The van der Waals surface area contributed by atoms with E-state index in [0.29, 0.717) is 13.0 Å². The predicted molar refractivity (Wildman–Crippen MR) is 76.5 cm³/mol. The second-order valence-corrected chi connectivity index (χ2v) is 5.14. The predicted octanol–water partition coefficient (Wildman–Crippen LogP) is 0.461. The molecule has 2 N–H and O–H groups in total. The van der Waals surface area contributed by atoms with Crippen LogP contribution in [-0.4, -0.2) is 65.3 Å². The summed E-state index contributed by atoms with van der Waals surface area (Å²) in [6.45, 7) is 4.10. The van der Waals surface area contributed by atoms with Crippen molar-refractivity contribution >= 4 is 5.91 Å². The van der Waals surface area contributed by atoms with Crippen LogP contribution in [0, 0.1) is 0 Å². The first kappa shape index (κ1) is 14.8. The molecule has 0 bridgehead atoms. The minimum absolute atomic E-state index is 0.126. The van der Waals surface area contributed by atoms with Crippen molar-refractivity contribution in [1.29, 1.82) is 0 Å². The Kier molecular flexibility index (Phi) is 5.38. The fraction of sp³-hybridized carbons (Fsp3) is 0.533. The monoisotopic (exact) mass is 278 g/mol. The quantitative estimate of drug-likeness (QED) is 0.840. The van der Waals surface area contributed by atoms with E-state index in [9.17, 15) is 9.90 Å². The third-order valence-corrected chi connectivity index (χ3v) is 3.65. The number of aromatic hydroxyl groups is 1. The Morgan fingerprint density at radius 3 is 2.55 bits per heavy atom. The molecule has 0 saturated carbocycles. The smallest absolute Gasteiger partial charge is 0.227 e. The summed E-state index contributed by atoms with van der Waals surface area (Å²) in [7, 11) is 0. The molecule has 0 unspecified atom stereocenters. The Morgan fingerprint density at radius 1 is 1.10 bits per heavy atom. The van der Waals surface area contributed by atoms with Crippen LogP contribution in [0.4, 0.5) is 0 Å². The summed E-state index contributed by atoms with van der Waals surface area (Å²) in [5.74, 6) is 0.345. The lowest BCUT2D eigenvalue weighted by Gasteiger charge is -2.21. The van der Waals surface area contributed by atoms with Crippen LogP contribution in [0.5, 0.6) is 5.75 Å². The summed E-state index contributed by atoms with van der Waals surface area (Å²) in [6, 6.07) is 6.77. The Labute approximate surface area is 119 Å². The van der Waals surface area contributed by atoms with Gasteiger partial charge in [0, 0.05) is 26.2 Å². The standard InChI is InChI=1S/C15H22N2O3/c18-11-10-16-6-1-7-17(9-8-16)15(20)12-13-2-4-14(19)5-3-13/h2-5,18-19H,1,6-12H2. The molecule has 1 fully saturated rings. The summed E-state index contributed by atoms with van der Waals surface area (Å²) in [5, 5.41) is 18.2. The highest BCUT2D eigenvalue weighted by atomic mass is 16.3. The van der Waals surface area contributed by atoms with Gasteiger partial charge in [-0.05, 0) is 30.7 Å². The molecular weight excluding hydrogens is 256 g/mol. The molecule has 110 valence electrons. The van der Waals surface area contributed by atoms with Gasteiger partial charge in [0.1, 0.15) is 5.75 Å². The number of β-amino-alcohol motifs (C(OH)–C–C–N with tert-alkyl or cyclic N) is 1. The number of aliphatic hydroxyl groups is 1. The number of amides is 1. The number of benzene rings is 1. The van der Waals surface area contributed by atoms with E-state index >= 15 is 0 Å². The molecule has 0 radical (unpaired) electrons. The van der Waals surface area contributed by atoms with Crippen molar-refractivity contribution in [2.45, 2.75) is 12.8 Å². The molecule has 2 rings (SSSR count). The van der Waals surface area contributed by atoms with Crippen molar-refractivity contribution in [2.24, 2.45) is 0 Å². The van der Waals surface area contributed by atoms with E-state index in [0.717, 1.165) is 38.2 Å². The molecule has 1 aromatic carbocycles. The van der Waals surface area contributed by atoms with E-state index in [4.69, 9.17) is 5.11 Å².